The molecule has 2 N–H and O–H groups in total. The molecule has 1 amide bonds. The second-order valence-corrected chi connectivity index (χ2v) is 8.77. The van der Waals surface area contributed by atoms with Gasteiger partial charge in [-0.15, -0.1) is 0 Å². The standard InChI is InChI=1S/C18H22F3N3O2/c19-18(20,21)15-13(8-22-24(15)12-1-2-12)16(25)23-14-10-3-9-4-11(14)7-17(26,5-9)6-10/h8-12,14,26H,1-7H2,(H,23,25)/t9?,10?,11?,14-,17-. The lowest BCUT2D eigenvalue weighted by atomic mass is 9.52. The van der Waals surface area contributed by atoms with Gasteiger partial charge in [-0.25, -0.2) is 0 Å². The molecule has 8 heteroatoms. The molecule has 0 spiro atoms. The van der Waals surface area contributed by atoms with Crippen molar-refractivity contribution in [2.75, 3.05) is 0 Å². The van der Waals surface area contributed by atoms with Crippen LogP contribution in [0.15, 0.2) is 6.20 Å². The van der Waals surface area contributed by atoms with Crippen molar-refractivity contribution < 1.29 is 23.1 Å². The van der Waals surface area contributed by atoms with E-state index >= 15 is 0 Å². The highest BCUT2D eigenvalue weighted by Crippen LogP contribution is 2.55. The second-order valence-electron chi connectivity index (χ2n) is 8.77. The van der Waals surface area contributed by atoms with Gasteiger partial charge in [-0.2, -0.15) is 18.3 Å². The number of halogens is 3. The van der Waals surface area contributed by atoms with E-state index in [9.17, 15) is 23.1 Å². The number of carbonyl (C=O) groups excluding carboxylic acids is 1. The van der Waals surface area contributed by atoms with Gasteiger partial charge in [-0.3, -0.25) is 9.48 Å². The summed E-state index contributed by atoms with van der Waals surface area (Å²) in [6.07, 6.45) is 1.76. The number of nitrogens with one attached hydrogen (secondary N) is 1. The largest absolute Gasteiger partial charge is 0.433 e. The fourth-order valence-electron chi connectivity index (χ4n) is 5.85. The Morgan fingerprint density at radius 3 is 2.42 bits per heavy atom. The highest BCUT2D eigenvalue weighted by molar-refractivity contribution is 5.95. The maximum absolute atomic E-state index is 13.5. The van der Waals surface area contributed by atoms with Crippen LogP contribution in [0.3, 0.4) is 0 Å². The van der Waals surface area contributed by atoms with Gasteiger partial charge in [0, 0.05) is 6.04 Å². The molecule has 5 aliphatic carbocycles. The van der Waals surface area contributed by atoms with E-state index in [4.69, 9.17) is 0 Å². The van der Waals surface area contributed by atoms with E-state index in [0.717, 1.165) is 30.1 Å². The SMILES string of the molecule is O=C(N[C@H]1C2CC3CC1C[C@](O)(C3)C2)c1cnn(C2CC2)c1C(F)(F)F. The first-order valence-electron chi connectivity index (χ1n) is 9.41. The van der Waals surface area contributed by atoms with Crippen molar-refractivity contribution in [3.8, 4) is 0 Å². The minimum Gasteiger partial charge on any atom is -0.390 e. The van der Waals surface area contributed by atoms with E-state index in [0.29, 0.717) is 31.6 Å². The Labute approximate surface area is 148 Å². The average Bonchev–Trinajstić information content (AvgIpc) is 3.25. The molecular formula is C18H22F3N3O2. The minimum absolute atomic E-state index is 0.148. The predicted molar refractivity (Wildman–Crippen MR) is 85.3 cm³/mol. The van der Waals surface area contributed by atoms with Crippen molar-refractivity contribution in [1.29, 1.82) is 0 Å². The number of aromatic nitrogens is 2. The van der Waals surface area contributed by atoms with E-state index in [1.807, 2.05) is 0 Å². The Hall–Kier alpha value is -1.57. The van der Waals surface area contributed by atoms with Crippen LogP contribution in [0.1, 0.15) is 67.0 Å². The maximum Gasteiger partial charge on any atom is 0.433 e. The quantitative estimate of drug-likeness (QED) is 0.861. The van der Waals surface area contributed by atoms with E-state index < -0.39 is 23.4 Å². The molecule has 5 fully saturated rings. The van der Waals surface area contributed by atoms with Crippen LogP contribution in [-0.2, 0) is 6.18 Å². The summed E-state index contributed by atoms with van der Waals surface area (Å²) in [6, 6.07) is -0.395. The van der Waals surface area contributed by atoms with Crippen LogP contribution in [0, 0.1) is 17.8 Å². The normalized spacial score (nSPS) is 38.6. The number of hydrogen-bond acceptors (Lipinski definition) is 3. The zero-order valence-corrected chi connectivity index (χ0v) is 14.3. The summed E-state index contributed by atoms with van der Waals surface area (Å²) in [4.78, 5) is 12.7. The first-order chi connectivity index (χ1) is 12.2. The minimum atomic E-state index is -4.61. The summed E-state index contributed by atoms with van der Waals surface area (Å²) in [5, 5.41) is 17.4. The van der Waals surface area contributed by atoms with E-state index in [2.05, 4.69) is 10.4 Å². The number of alkyl halides is 3. The van der Waals surface area contributed by atoms with Gasteiger partial charge in [0.05, 0.1) is 23.4 Å². The molecule has 1 aromatic rings. The molecule has 0 aromatic carbocycles. The summed E-state index contributed by atoms with van der Waals surface area (Å²) in [6.45, 7) is 0. The van der Waals surface area contributed by atoms with Crippen LogP contribution in [0.25, 0.3) is 0 Å². The summed E-state index contributed by atoms with van der Waals surface area (Å²) < 4.78 is 41.6. The van der Waals surface area contributed by atoms with Crippen molar-refractivity contribution in [1.82, 2.24) is 15.1 Å². The molecule has 2 unspecified atom stereocenters. The Bertz CT molecular complexity index is 739. The van der Waals surface area contributed by atoms with Gasteiger partial charge < -0.3 is 10.4 Å². The molecule has 0 saturated heterocycles. The van der Waals surface area contributed by atoms with Gasteiger partial charge in [-0.05, 0) is 62.7 Å². The van der Waals surface area contributed by atoms with Crippen LogP contribution in [0.2, 0.25) is 0 Å². The molecule has 26 heavy (non-hydrogen) atoms. The molecule has 0 radical (unpaired) electrons. The van der Waals surface area contributed by atoms with Crippen LogP contribution >= 0.6 is 0 Å². The van der Waals surface area contributed by atoms with Crippen molar-refractivity contribution in [3.63, 3.8) is 0 Å². The Balaban J connectivity index is 1.40. The number of rotatable bonds is 3. The van der Waals surface area contributed by atoms with Crippen LogP contribution in [0.5, 0.6) is 0 Å². The fraction of sp³-hybridized carbons (Fsp3) is 0.778. The molecule has 6 rings (SSSR count). The van der Waals surface area contributed by atoms with E-state index in [-0.39, 0.29) is 29.5 Å². The van der Waals surface area contributed by atoms with Crippen molar-refractivity contribution >= 4 is 5.91 Å². The summed E-state index contributed by atoms with van der Waals surface area (Å²) in [7, 11) is 0. The van der Waals surface area contributed by atoms with Crippen LogP contribution < -0.4 is 5.32 Å². The smallest absolute Gasteiger partial charge is 0.390 e. The molecule has 0 aliphatic heterocycles. The van der Waals surface area contributed by atoms with Gasteiger partial charge in [-0.1, -0.05) is 0 Å². The number of aliphatic hydroxyl groups is 1. The topological polar surface area (TPSA) is 67.2 Å². The molecule has 5 aliphatic rings. The lowest BCUT2D eigenvalue weighted by Crippen LogP contribution is -2.61. The molecule has 5 saturated carbocycles. The third kappa shape index (κ3) is 2.56. The van der Waals surface area contributed by atoms with Crippen LogP contribution in [-0.4, -0.2) is 32.4 Å². The van der Waals surface area contributed by atoms with E-state index in [1.165, 1.54) is 0 Å². The van der Waals surface area contributed by atoms with E-state index in [1.54, 1.807) is 0 Å². The Morgan fingerprint density at radius 1 is 1.23 bits per heavy atom. The van der Waals surface area contributed by atoms with Gasteiger partial charge in [0.25, 0.3) is 5.91 Å². The lowest BCUT2D eigenvalue weighted by molar-refractivity contribution is -0.144. The Kier molecular flexibility index (Phi) is 3.34. The molecular weight excluding hydrogens is 347 g/mol. The number of hydrogen-bond donors (Lipinski definition) is 2. The van der Waals surface area contributed by atoms with Gasteiger partial charge >= 0.3 is 6.18 Å². The Morgan fingerprint density at radius 2 is 1.88 bits per heavy atom. The molecule has 4 bridgehead atoms. The van der Waals surface area contributed by atoms with Gasteiger partial charge in [0.15, 0.2) is 5.69 Å². The fourth-order valence-corrected chi connectivity index (χ4v) is 5.85. The second kappa shape index (κ2) is 5.24. The summed E-state index contributed by atoms with van der Waals surface area (Å²) in [5.41, 5.74) is -1.94. The van der Waals surface area contributed by atoms with Gasteiger partial charge in [0.2, 0.25) is 0 Å². The number of carbonyl (C=O) groups is 1. The highest BCUT2D eigenvalue weighted by atomic mass is 19.4. The number of amides is 1. The summed E-state index contributed by atoms with van der Waals surface area (Å²) >= 11 is 0. The average molecular weight is 369 g/mol. The highest BCUT2D eigenvalue weighted by Gasteiger charge is 2.55. The first-order valence-corrected chi connectivity index (χ1v) is 9.41. The molecule has 1 aromatic heterocycles. The van der Waals surface area contributed by atoms with Crippen molar-refractivity contribution in [2.45, 2.75) is 68.8 Å². The monoisotopic (exact) mass is 369 g/mol. The van der Waals surface area contributed by atoms with Gasteiger partial charge in [0.1, 0.15) is 0 Å². The first kappa shape index (κ1) is 16.6. The zero-order valence-electron chi connectivity index (χ0n) is 14.3. The molecule has 1 heterocycles. The summed E-state index contributed by atoms with van der Waals surface area (Å²) in [5.74, 6) is 0.105. The van der Waals surface area contributed by atoms with Crippen molar-refractivity contribution in [2.24, 2.45) is 17.8 Å². The molecule has 2 atom stereocenters. The predicted octanol–water partition coefficient (Wildman–Crippen LogP) is 2.91. The third-order valence-electron chi connectivity index (χ3n) is 6.74. The van der Waals surface area contributed by atoms with Crippen molar-refractivity contribution in [3.05, 3.63) is 17.5 Å². The zero-order chi connectivity index (χ0) is 18.3. The van der Waals surface area contributed by atoms with Crippen LogP contribution in [0.4, 0.5) is 13.2 Å². The number of nitrogens with zero attached hydrogens (tertiary/aromatic N) is 2. The maximum atomic E-state index is 13.5. The molecule has 5 nitrogen and oxygen atoms in total. The lowest BCUT2D eigenvalue weighted by Gasteiger charge is -2.58. The third-order valence-corrected chi connectivity index (χ3v) is 6.74. The molecule has 142 valence electrons.